The summed E-state index contributed by atoms with van der Waals surface area (Å²) in [5.41, 5.74) is 0. The maximum absolute atomic E-state index is 12.1. The Bertz CT molecular complexity index is 411. The molecule has 4 heteroatoms. The van der Waals surface area contributed by atoms with Crippen molar-refractivity contribution in [2.75, 3.05) is 6.61 Å². The third kappa shape index (κ3) is 20.8. The molecule has 1 amide bonds. The van der Waals surface area contributed by atoms with Crippen LogP contribution in [0.1, 0.15) is 136 Å². The fourth-order valence-electron chi connectivity index (χ4n) is 3.93. The molecule has 184 valence electrons. The van der Waals surface area contributed by atoms with Crippen molar-refractivity contribution in [3.8, 4) is 0 Å². The van der Waals surface area contributed by atoms with Gasteiger partial charge in [-0.05, 0) is 25.7 Å². The maximum Gasteiger partial charge on any atom is 0.220 e. The highest BCUT2D eigenvalue weighted by molar-refractivity contribution is 5.76. The Morgan fingerprint density at radius 2 is 1.26 bits per heavy atom. The third-order valence-electron chi connectivity index (χ3n) is 6.01. The first-order valence-electron chi connectivity index (χ1n) is 13.4. The van der Waals surface area contributed by atoms with E-state index in [2.05, 4.69) is 19.2 Å². The molecule has 0 heterocycles. The van der Waals surface area contributed by atoms with Crippen molar-refractivity contribution >= 4 is 5.91 Å². The minimum Gasteiger partial charge on any atom is -0.396 e. The molecule has 0 aromatic heterocycles. The summed E-state index contributed by atoms with van der Waals surface area (Å²) in [6.07, 6.45) is 25.2. The van der Waals surface area contributed by atoms with Crippen molar-refractivity contribution in [3.63, 3.8) is 0 Å². The summed E-state index contributed by atoms with van der Waals surface area (Å²) >= 11 is 0. The lowest BCUT2D eigenvalue weighted by Gasteiger charge is -2.21. The van der Waals surface area contributed by atoms with Gasteiger partial charge in [-0.3, -0.25) is 4.79 Å². The van der Waals surface area contributed by atoms with E-state index in [0.29, 0.717) is 12.8 Å². The lowest BCUT2D eigenvalue weighted by molar-refractivity contribution is -0.122. The highest BCUT2D eigenvalue weighted by atomic mass is 16.3. The van der Waals surface area contributed by atoms with E-state index in [1.807, 2.05) is 6.08 Å². The minimum atomic E-state index is -0.733. The highest BCUT2D eigenvalue weighted by Gasteiger charge is 2.18. The molecule has 4 nitrogen and oxygen atoms in total. The van der Waals surface area contributed by atoms with Gasteiger partial charge in [0.25, 0.3) is 0 Å². The van der Waals surface area contributed by atoms with Crippen LogP contribution in [-0.4, -0.2) is 34.9 Å². The van der Waals surface area contributed by atoms with E-state index in [-0.39, 0.29) is 12.5 Å². The van der Waals surface area contributed by atoms with Gasteiger partial charge in [-0.25, -0.2) is 0 Å². The van der Waals surface area contributed by atoms with E-state index < -0.39 is 12.1 Å². The molecule has 0 radical (unpaired) electrons. The van der Waals surface area contributed by atoms with Gasteiger partial charge in [0.05, 0.1) is 12.1 Å². The standard InChI is InChI=1S/C27H53NO3/c1-3-5-7-9-10-11-12-13-14-15-16-18-19-21-26(30)25(23-24-29)28-27(31)22-20-17-8-6-4-2/h19,21,25-26,29-30H,3-18,20,22-24H2,1-2H3,(H,28,31)/b21-19+/t25-,26+/m0/s1. The molecule has 2 atom stereocenters. The van der Waals surface area contributed by atoms with Crippen molar-refractivity contribution in [1.82, 2.24) is 5.32 Å². The zero-order chi connectivity index (χ0) is 23.0. The number of rotatable bonds is 23. The van der Waals surface area contributed by atoms with Crippen LogP contribution in [0.25, 0.3) is 0 Å². The first kappa shape index (κ1) is 30.1. The average molecular weight is 440 g/mol. The van der Waals surface area contributed by atoms with Gasteiger partial charge >= 0.3 is 0 Å². The maximum atomic E-state index is 12.1. The van der Waals surface area contributed by atoms with Gasteiger partial charge in [0.2, 0.25) is 5.91 Å². The molecule has 3 N–H and O–H groups in total. The molecule has 31 heavy (non-hydrogen) atoms. The number of allylic oxidation sites excluding steroid dienone is 1. The Kier molecular flexibility index (Phi) is 23.1. The average Bonchev–Trinajstić information content (AvgIpc) is 2.76. The van der Waals surface area contributed by atoms with E-state index in [9.17, 15) is 15.0 Å². The van der Waals surface area contributed by atoms with Gasteiger partial charge in [-0.2, -0.15) is 0 Å². The van der Waals surface area contributed by atoms with Gasteiger partial charge in [-0.15, -0.1) is 0 Å². The van der Waals surface area contributed by atoms with E-state index >= 15 is 0 Å². The second kappa shape index (κ2) is 23.8. The summed E-state index contributed by atoms with van der Waals surface area (Å²) in [5, 5.41) is 22.6. The molecule has 0 rings (SSSR count). The smallest absolute Gasteiger partial charge is 0.220 e. The Morgan fingerprint density at radius 3 is 1.77 bits per heavy atom. The first-order valence-corrected chi connectivity index (χ1v) is 13.4. The molecule has 0 aliphatic heterocycles. The first-order chi connectivity index (χ1) is 15.2. The number of aliphatic hydroxyl groups excluding tert-OH is 2. The minimum absolute atomic E-state index is 0.0206. The molecule has 0 aromatic rings. The number of aliphatic hydroxyl groups is 2. The summed E-state index contributed by atoms with van der Waals surface area (Å²) in [4.78, 5) is 12.1. The summed E-state index contributed by atoms with van der Waals surface area (Å²) < 4.78 is 0. The third-order valence-corrected chi connectivity index (χ3v) is 6.01. The molecule has 0 aromatic carbocycles. The normalized spacial score (nSPS) is 13.5. The Labute approximate surface area is 193 Å². The van der Waals surface area contributed by atoms with Gasteiger partial charge < -0.3 is 15.5 Å². The fourth-order valence-corrected chi connectivity index (χ4v) is 3.93. The summed E-state index contributed by atoms with van der Waals surface area (Å²) in [6.45, 7) is 4.40. The SMILES string of the molecule is CCCCCCCCCCCCC/C=C/[C@@H](O)[C@H](CCO)NC(=O)CCCCCCC. The van der Waals surface area contributed by atoms with Crippen molar-refractivity contribution in [2.45, 2.75) is 148 Å². The largest absolute Gasteiger partial charge is 0.396 e. The lowest BCUT2D eigenvalue weighted by atomic mass is 10.0. The molecule has 0 unspecified atom stereocenters. The van der Waals surface area contributed by atoms with Gasteiger partial charge in [0.15, 0.2) is 0 Å². The van der Waals surface area contributed by atoms with Crippen LogP contribution in [-0.2, 0) is 4.79 Å². The molecule has 0 aliphatic rings. The summed E-state index contributed by atoms with van der Waals surface area (Å²) in [6, 6.07) is -0.401. The molecule has 0 bridgehead atoms. The summed E-state index contributed by atoms with van der Waals surface area (Å²) in [7, 11) is 0. The molecular formula is C27H53NO3. The molecule has 0 aliphatic carbocycles. The Morgan fingerprint density at radius 1 is 0.774 bits per heavy atom. The van der Waals surface area contributed by atoms with Crippen LogP contribution >= 0.6 is 0 Å². The molecule has 0 saturated heterocycles. The van der Waals surface area contributed by atoms with E-state index in [1.54, 1.807) is 6.08 Å². The van der Waals surface area contributed by atoms with Gasteiger partial charge in [0.1, 0.15) is 0 Å². The van der Waals surface area contributed by atoms with Crippen LogP contribution < -0.4 is 5.32 Å². The van der Waals surface area contributed by atoms with Crippen LogP contribution in [0, 0.1) is 0 Å². The summed E-state index contributed by atoms with van der Waals surface area (Å²) in [5.74, 6) is -0.0206. The molecule has 0 spiro atoms. The molecule has 0 fully saturated rings. The number of nitrogens with one attached hydrogen (secondary N) is 1. The molecule has 0 saturated carbocycles. The fraction of sp³-hybridized carbons (Fsp3) is 0.889. The van der Waals surface area contributed by atoms with E-state index in [0.717, 1.165) is 25.7 Å². The van der Waals surface area contributed by atoms with Gasteiger partial charge in [-0.1, -0.05) is 116 Å². The lowest BCUT2D eigenvalue weighted by Crippen LogP contribution is -2.43. The van der Waals surface area contributed by atoms with Crippen molar-refractivity contribution in [3.05, 3.63) is 12.2 Å². The van der Waals surface area contributed by atoms with E-state index in [1.165, 1.54) is 83.5 Å². The van der Waals surface area contributed by atoms with Crippen LogP contribution in [0.5, 0.6) is 0 Å². The second-order valence-corrected chi connectivity index (χ2v) is 9.09. The van der Waals surface area contributed by atoms with Crippen molar-refractivity contribution < 1.29 is 15.0 Å². The quantitative estimate of drug-likeness (QED) is 0.121. The van der Waals surface area contributed by atoms with Crippen LogP contribution in [0.15, 0.2) is 12.2 Å². The predicted molar refractivity (Wildman–Crippen MR) is 133 cm³/mol. The van der Waals surface area contributed by atoms with Crippen LogP contribution in [0.3, 0.4) is 0 Å². The zero-order valence-electron chi connectivity index (χ0n) is 20.8. The number of amides is 1. The van der Waals surface area contributed by atoms with Crippen LogP contribution in [0.2, 0.25) is 0 Å². The Balaban J connectivity index is 3.82. The van der Waals surface area contributed by atoms with Crippen molar-refractivity contribution in [2.24, 2.45) is 0 Å². The van der Waals surface area contributed by atoms with Crippen molar-refractivity contribution in [1.29, 1.82) is 0 Å². The molecular weight excluding hydrogens is 386 g/mol. The number of carbonyl (C=O) groups is 1. The number of hydrogen-bond donors (Lipinski definition) is 3. The number of hydrogen-bond acceptors (Lipinski definition) is 3. The number of unbranched alkanes of at least 4 members (excludes halogenated alkanes) is 15. The Hall–Kier alpha value is -0.870. The zero-order valence-corrected chi connectivity index (χ0v) is 20.8. The second-order valence-electron chi connectivity index (χ2n) is 9.09. The predicted octanol–water partition coefficient (Wildman–Crippen LogP) is 6.83. The number of carbonyl (C=O) groups excluding carboxylic acids is 1. The van der Waals surface area contributed by atoms with Crippen LogP contribution in [0.4, 0.5) is 0 Å². The highest BCUT2D eigenvalue weighted by Crippen LogP contribution is 2.12. The monoisotopic (exact) mass is 439 g/mol. The topological polar surface area (TPSA) is 69.6 Å². The van der Waals surface area contributed by atoms with Gasteiger partial charge in [0, 0.05) is 13.0 Å². The van der Waals surface area contributed by atoms with E-state index in [4.69, 9.17) is 0 Å².